The van der Waals surface area contributed by atoms with Crippen LogP contribution in [0.15, 0.2) is 71.7 Å². The number of unbranched alkanes of at least 4 members (excludes halogenated alkanes) is 1. The zero-order chi connectivity index (χ0) is 19.1. The Morgan fingerprint density at radius 3 is 2.26 bits per heavy atom. The molecule has 0 aliphatic heterocycles. The number of aryl methyl sites for hydroxylation is 1. The Hall–Kier alpha value is -2.87. The lowest BCUT2D eigenvalue weighted by atomic mass is 9.98. The Kier molecular flexibility index (Phi) is 6.43. The van der Waals surface area contributed by atoms with Crippen molar-refractivity contribution in [2.45, 2.75) is 39.7 Å². The lowest BCUT2D eigenvalue weighted by molar-refractivity contribution is 0.717. The molecule has 0 saturated heterocycles. The molecule has 3 rings (SSSR count). The van der Waals surface area contributed by atoms with E-state index in [0.29, 0.717) is 6.54 Å². The maximum absolute atomic E-state index is 13.2. The summed E-state index contributed by atoms with van der Waals surface area (Å²) >= 11 is 0. The quantitative estimate of drug-likeness (QED) is 0.530. The van der Waals surface area contributed by atoms with Crippen LogP contribution in [0.4, 0.5) is 0 Å². The van der Waals surface area contributed by atoms with E-state index in [4.69, 9.17) is 0 Å². The second-order valence-electron chi connectivity index (χ2n) is 6.97. The highest BCUT2D eigenvalue weighted by Gasteiger charge is 2.12. The van der Waals surface area contributed by atoms with Gasteiger partial charge >= 0.3 is 0 Å². The molecule has 0 N–H and O–H groups in total. The van der Waals surface area contributed by atoms with Crippen LogP contribution >= 0.6 is 0 Å². The number of hydrogen-bond acceptors (Lipinski definition) is 1. The minimum absolute atomic E-state index is 0.130. The topological polar surface area (TPSA) is 22.0 Å². The maximum atomic E-state index is 13.2. The van der Waals surface area contributed by atoms with Crippen molar-refractivity contribution in [2.75, 3.05) is 0 Å². The Morgan fingerprint density at radius 2 is 1.59 bits per heavy atom. The van der Waals surface area contributed by atoms with Crippen LogP contribution in [-0.2, 0) is 13.0 Å². The smallest absolute Gasteiger partial charge is 0.254 e. The van der Waals surface area contributed by atoms with Gasteiger partial charge < -0.3 is 4.57 Å². The van der Waals surface area contributed by atoms with Crippen molar-refractivity contribution < 1.29 is 0 Å². The van der Waals surface area contributed by atoms with E-state index in [1.807, 2.05) is 47.2 Å². The molecule has 0 atom stereocenters. The van der Waals surface area contributed by atoms with Crippen molar-refractivity contribution in [3.05, 3.63) is 105 Å². The highest BCUT2D eigenvalue weighted by molar-refractivity contribution is 5.72. The van der Waals surface area contributed by atoms with Gasteiger partial charge in [-0.15, -0.1) is 0 Å². The molecule has 0 amide bonds. The van der Waals surface area contributed by atoms with E-state index in [1.165, 1.54) is 0 Å². The van der Waals surface area contributed by atoms with Gasteiger partial charge in [0.05, 0.1) is 6.54 Å². The van der Waals surface area contributed by atoms with E-state index in [2.05, 4.69) is 50.3 Å². The molecule has 0 aliphatic carbocycles. The number of nitrogens with zero attached hydrogens (tertiary/aromatic N) is 1. The summed E-state index contributed by atoms with van der Waals surface area (Å²) in [5.74, 6) is 0. The van der Waals surface area contributed by atoms with Crippen LogP contribution in [0.5, 0.6) is 0 Å². The Labute approximate surface area is 161 Å². The van der Waals surface area contributed by atoms with Gasteiger partial charge in [0.1, 0.15) is 0 Å². The Bertz CT molecular complexity index is 953. The second kappa shape index (κ2) is 9.18. The van der Waals surface area contributed by atoms with Crippen molar-refractivity contribution in [3.63, 3.8) is 0 Å². The van der Waals surface area contributed by atoms with E-state index in [1.54, 1.807) is 0 Å². The first-order chi connectivity index (χ1) is 13.2. The molecule has 3 aromatic rings. The molecule has 0 aliphatic rings. The third kappa shape index (κ3) is 4.85. The van der Waals surface area contributed by atoms with Crippen LogP contribution in [-0.4, -0.2) is 4.57 Å². The first-order valence-corrected chi connectivity index (χ1v) is 9.69. The molecular formula is C25H27NO. The Balaban J connectivity index is 2.01. The monoisotopic (exact) mass is 357 g/mol. The SMILES string of the molecule is CCCCc1c(/C=C/c2ccccc2)c(C)cn(Cc2ccccc2)c1=O. The van der Waals surface area contributed by atoms with Crippen molar-refractivity contribution >= 4 is 12.2 Å². The predicted octanol–water partition coefficient (Wildman–Crippen LogP) is 5.72. The van der Waals surface area contributed by atoms with Crippen molar-refractivity contribution in [1.82, 2.24) is 4.57 Å². The van der Waals surface area contributed by atoms with Crippen LogP contribution in [0.25, 0.3) is 12.2 Å². The van der Waals surface area contributed by atoms with E-state index in [9.17, 15) is 4.79 Å². The summed E-state index contributed by atoms with van der Waals surface area (Å²) in [5, 5.41) is 0. The normalized spacial score (nSPS) is 11.2. The number of aromatic nitrogens is 1. The fraction of sp³-hybridized carbons (Fsp3) is 0.240. The summed E-state index contributed by atoms with van der Waals surface area (Å²) < 4.78 is 1.86. The van der Waals surface area contributed by atoms with E-state index in [0.717, 1.165) is 47.1 Å². The molecule has 27 heavy (non-hydrogen) atoms. The van der Waals surface area contributed by atoms with Gasteiger partial charge in [0.15, 0.2) is 0 Å². The highest BCUT2D eigenvalue weighted by atomic mass is 16.1. The first kappa shape index (κ1) is 18.9. The van der Waals surface area contributed by atoms with Crippen molar-refractivity contribution in [3.8, 4) is 0 Å². The number of rotatable bonds is 7. The third-order valence-corrected chi connectivity index (χ3v) is 4.84. The van der Waals surface area contributed by atoms with Gasteiger partial charge in [0.2, 0.25) is 0 Å². The highest BCUT2D eigenvalue weighted by Crippen LogP contribution is 2.18. The molecule has 2 nitrogen and oxygen atoms in total. The minimum Gasteiger partial charge on any atom is -0.311 e. The number of pyridine rings is 1. The van der Waals surface area contributed by atoms with Gasteiger partial charge in [-0.05, 0) is 42.0 Å². The minimum atomic E-state index is 0.130. The predicted molar refractivity (Wildman–Crippen MR) is 115 cm³/mol. The fourth-order valence-corrected chi connectivity index (χ4v) is 3.36. The number of hydrogen-bond donors (Lipinski definition) is 0. The molecule has 1 aromatic heterocycles. The number of benzene rings is 2. The molecule has 2 aromatic carbocycles. The molecule has 1 heterocycles. The van der Waals surface area contributed by atoms with Crippen LogP contribution in [0.3, 0.4) is 0 Å². The summed E-state index contributed by atoms with van der Waals surface area (Å²) in [4.78, 5) is 13.2. The van der Waals surface area contributed by atoms with E-state index in [-0.39, 0.29) is 5.56 Å². The van der Waals surface area contributed by atoms with Crippen LogP contribution < -0.4 is 5.56 Å². The summed E-state index contributed by atoms with van der Waals surface area (Å²) in [7, 11) is 0. The van der Waals surface area contributed by atoms with Gasteiger partial charge in [-0.25, -0.2) is 0 Å². The molecule has 0 spiro atoms. The maximum Gasteiger partial charge on any atom is 0.254 e. The average Bonchev–Trinajstić information content (AvgIpc) is 2.70. The molecule has 2 heteroatoms. The van der Waals surface area contributed by atoms with Crippen LogP contribution in [0.1, 0.15) is 47.6 Å². The molecule has 0 unspecified atom stereocenters. The Morgan fingerprint density at radius 1 is 0.926 bits per heavy atom. The fourth-order valence-electron chi connectivity index (χ4n) is 3.36. The first-order valence-electron chi connectivity index (χ1n) is 9.69. The third-order valence-electron chi connectivity index (χ3n) is 4.84. The van der Waals surface area contributed by atoms with Gasteiger partial charge in [0.25, 0.3) is 5.56 Å². The zero-order valence-electron chi connectivity index (χ0n) is 16.2. The standard InChI is InChI=1S/C25H27NO/c1-3-4-15-24-23(17-16-21-11-7-5-8-12-21)20(2)18-26(25(24)27)19-22-13-9-6-10-14-22/h5-14,16-18H,3-4,15,19H2,1-2H3/b17-16+. The van der Waals surface area contributed by atoms with Gasteiger partial charge in [-0.1, -0.05) is 86.2 Å². The molecule has 0 fully saturated rings. The summed E-state index contributed by atoms with van der Waals surface area (Å²) in [6.07, 6.45) is 9.11. The van der Waals surface area contributed by atoms with Gasteiger partial charge in [0, 0.05) is 11.8 Å². The average molecular weight is 357 g/mol. The molecule has 138 valence electrons. The molecule has 0 bridgehead atoms. The van der Waals surface area contributed by atoms with Gasteiger partial charge in [-0.2, -0.15) is 0 Å². The summed E-state index contributed by atoms with van der Waals surface area (Å²) in [6.45, 7) is 4.88. The van der Waals surface area contributed by atoms with Crippen LogP contribution in [0.2, 0.25) is 0 Å². The zero-order valence-corrected chi connectivity index (χ0v) is 16.2. The second-order valence-corrected chi connectivity index (χ2v) is 6.97. The largest absolute Gasteiger partial charge is 0.311 e. The van der Waals surface area contributed by atoms with Crippen LogP contribution in [0, 0.1) is 6.92 Å². The molecular weight excluding hydrogens is 330 g/mol. The summed E-state index contributed by atoms with van der Waals surface area (Å²) in [5.41, 5.74) is 5.57. The van der Waals surface area contributed by atoms with E-state index < -0.39 is 0 Å². The van der Waals surface area contributed by atoms with Crippen molar-refractivity contribution in [1.29, 1.82) is 0 Å². The van der Waals surface area contributed by atoms with E-state index >= 15 is 0 Å². The summed E-state index contributed by atoms with van der Waals surface area (Å²) in [6, 6.07) is 20.4. The lowest BCUT2D eigenvalue weighted by Gasteiger charge is -2.14. The lowest BCUT2D eigenvalue weighted by Crippen LogP contribution is -2.26. The molecule has 0 saturated carbocycles. The molecule has 0 radical (unpaired) electrons. The van der Waals surface area contributed by atoms with Crippen molar-refractivity contribution in [2.24, 2.45) is 0 Å². The van der Waals surface area contributed by atoms with Gasteiger partial charge in [-0.3, -0.25) is 4.79 Å².